The lowest BCUT2D eigenvalue weighted by Gasteiger charge is -2.30. The normalized spacial score (nSPS) is 12.9. The topological polar surface area (TPSA) is 64.4 Å². The summed E-state index contributed by atoms with van der Waals surface area (Å²) in [6.07, 6.45) is 1.48. The molecule has 1 aromatic carbocycles. The molecule has 4 nitrogen and oxygen atoms in total. The van der Waals surface area contributed by atoms with Crippen molar-refractivity contribution in [1.29, 1.82) is 0 Å². The Kier molecular flexibility index (Phi) is 6.68. The van der Waals surface area contributed by atoms with Gasteiger partial charge in [-0.2, -0.15) is 0 Å². The smallest absolute Gasteiger partial charge is 0.227 e. The van der Waals surface area contributed by atoms with E-state index in [0.29, 0.717) is 6.54 Å². The second-order valence-electron chi connectivity index (χ2n) is 5.28. The van der Waals surface area contributed by atoms with Gasteiger partial charge in [0.15, 0.2) is 0 Å². The van der Waals surface area contributed by atoms with Crippen molar-refractivity contribution in [2.75, 3.05) is 13.7 Å². The van der Waals surface area contributed by atoms with Gasteiger partial charge in [-0.1, -0.05) is 19.9 Å². The van der Waals surface area contributed by atoms with Crippen molar-refractivity contribution >= 4 is 21.8 Å². The van der Waals surface area contributed by atoms with E-state index < -0.39 is 5.41 Å². The third-order valence-electron chi connectivity index (χ3n) is 4.25. The molecule has 5 heteroatoms. The summed E-state index contributed by atoms with van der Waals surface area (Å²) in [6.45, 7) is 6.35. The highest BCUT2D eigenvalue weighted by Gasteiger charge is 2.34. The van der Waals surface area contributed by atoms with Gasteiger partial charge in [-0.15, -0.1) is 0 Å². The second-order valence-corrected chi connectivity index (χ2v) is 6.14. The van der Waals surface area contributed by atoms with Crippen LogP contribution in [0.5, 0.6) is 5.75 Å². The maximum absolute atomic E-state index is 12.5. The van der Waals surface area contributed by atoms with Gasteiger partial charge in [0.25, 0.3) is 0 Å². The number of amides is 1. The molecule has 1 atom stereocenters. The Morgan fingerprint density at radius 1 is 1.43 bits per heavy atom. The van der Waals surface area contributed by atoms with Gasteiger partial charge in [0.1, 0.15) is 5.75 Å². The highest BCUT2D eigenvalue weighted by Crippen LogP contribution is 2.30. The summed E-state index contributed by atoms with van der Waals surface area (Å²) >= 11 is 3.46. The molecule has 0 spiro atoms. The Hall–Kier alpha value is -1.07. The monoisotopic (exact) mass is 356 g/mol. The predicted molar refractivity (Wildman–Crippen MR) is 89.3 cm³/mol. The van der Waals surface area contributed by atoms with Crippen molar-refractivity contribution in [3.05, 3.63) is 28.2 Å². The number of rotatable bonds is 7. The molecule has 1 aromatic rings. The number of nitrogens with one attached hydrogen (secondary N) is 1. The first kappa shape index (κ1) is 18.0. The van der Waals surface area contributed by atoms with Gasteiger partial charge in [0.2, 0.25) is 5.91 Å². The molecular formula is C16H25BrN2O2. The molecule has 21 heavy (non-hydrogen) atoms. The summed E-state index contributed by atoms with van der Waals surface area (Å²) < 4.78 is 6.09. The number of hydrogen-bond acceptors (Lipinski definition) is 3. The van der Waals surface area contributed by atoms with Gasteiger partial charge < -0.3 is 15.8 Å². The summed E-state index contributed by atoms with van der Waals surface area (Å²) in [6, 6.07) is 5.73. The Morgan fingerprint density at radius 2 is 2.05 bits per heavy atom. The second kappa shape index (κ2) is 7.80. The Balaban J connectivity index is 2.87. The van der Waals surface area contributed by atoms with Crippen molar-refractivity contribution in [3.63, 3.8) is 0 Å². The van der Waals surface area contributed by atoms with Crippen molar-refractivity contribution in [2.45, 2.75) is 39.7 Å². The molecule has 0 bridgehead atoms. The van der Waals surface area contributed by atoms with Crippen LogP contribution in [0.15, 0.2) is 22.7 Å². The van der Waals surface area contributed by atoms with Gasteiger partial charge in [-0.05, 0) is 53.4 Å². The molecule has 0 saturated carbocycles. The largest absolute Gasteiger partial charge is 0.496 e. The molecule has 0 aliphatic heterocycles. The molecule has 0 saturated heterocycles. The van der Waals surface area contributed by atoms with E-state index in [1.807, 2.05) is 39.0 Å². The molecule has 0 aliphatic carbocycles. The van der Waals surface area contributed by atoms with Crippen LogP contribution in [0, 0.1) is 5.41 Å². The maximum Gasteiger partial charge on any atom is 0.227 e. The fourth-order valence-corrected chi connectivity index (χ4v) is 2.90. The van der Waals surface area contributed by atoms with Gasteiger partial charge >= 0.3 is 0 Å². The number of carbonyl (C=O) groups is 1. The summed E-state index contributed by atoms with van der Waals surface area (Å²) in [5.41, 5.74) is 6.37. The van der Waals surface area contributed by atoms with Crippen molar-refractivity contribution in [1.82, 2.24) is 5.32 Å². The van der Waals surface area contributed by atoms with Crippen LogP contribution < -0.4 is 15.8 Å². The fourth-order valence-electron chi connectivity index (χ4n) is 2.34. The van der Waals surface area contributed by atoms with Gasteiger partial charge in [-0.3, -0.25) is 4.79 Å². The Morgan fingerprint density at radius 3 is 2.48 bits per heavy atom. The van der Waals surface area contributed by atoms with E-state index in [9.17, 15) is 4.79 Å². The molecule has 3 N–H and O–H groups in total. The lowest BCUT2D eigenvalue weighted by atomic mass is 9.81. The number of benzene rings is 1. The molecule has 0 heterocycles. The minimum absolute atomic E-state index is 0.0226. The standard InChI is InChI=1S/C16H25BrN2O2/c1-5-16(6-2,10-18)15(20)19-11(3)12-7-8-14(21-4)13(17)9-12/h7-9,11H,5-6,10,18H2,1-4H3,(H,19,20). The zero-order chi connectivity index (χ0) is 16.0. The highest BCUT2D eigenvalue weighted by molar-refractivity contribution is 9.10. The number of hydrogen-bond donors (Lipinski definition) is 2. The molecule has 1 rings (SSSR count). The Labute approximate surface area is 135 Å². The van der Waals surface area contributed by atoms with E-state index in [1.54, 1.807) is 7.11 Å². The molecule has 1 unspecified atom stereocenters. The van der Waals surface area contributed by atoms with E-state index in [4.69, 9.17) is 10.5 Å². The van der Waals surface area contributed by atoms with Crippen LogP contribution >= 0.6 is 15.9 Å². The van der Waals surface area contributed by atoms with Crippen LogP contribution in [0.2, 0.25) is 0 Å². The quantitative estimate of drug-likeness (QED) is 0.786. The lowest BCUT2D eigenvalue weighted by Crippen LogP contribution is -2.46. The van der Waals surface area contributed by atoms with Crippen LogP contribution in [0.3, 0.4) is 0 Å². The van der Waals surface area contributed by atoms with Crippen LogP contribution in [0.1, 0.15) is 45.2 Å². The lowest BCUT2D eigenvalue weighted by molar-refractivity contribution is -0.131. The van der Waals surface area contributed by atoms with Gasteiger partial charge in [-0.25, -0.2) is 0 Å². The van der Waals surface area contributed by atoms with Crippen molar-refractivity contribution < 1.29 is 9.53 Å². The van der Waals surface area contributed by atoms with Gasteiger partial charge in [0, 0.05) is 6.54 Å². The van der Waals surface area contributed by atoms with E-state index in [1.165, 1.54) is 0 Å². The fraction of sp³-hybridized carbons (Fsp3) is 0.562. The van der Waals surface area contributed by atoms with E-state index in [2.05, 4.69) is 21.2 Å². The number of ether oxygens (including phenoxy) is 1. The van der Waals surface area contributed by atoms with Crippen LogP contribution in [0.4, 0.5) is 0 Å². The van der Waals surface area contributed by atoms with E-state index >= 15 is 0 Å². The number of halogens is 1. The molecule has 1 amide bonds. The minimum Gasteiger partial charge on any atom is -0.496 e. The van der Waals surface area contributed by atoms with Crippen LogP contribution in [-0.2, 0) is 4.79 Å². The molecule has 0 aliphatic rings. The van der Waals surface area contributed by atoms with Crippen LogP contribution in [-0.4, -0.2) is 19.6 Å². The number of carbonyl (C=O) groups excluding carboxylic acids is 1. The van der Waals surface area contributed by atoms with Crippen LogP contribution in [0.25, 0.3) is 0 Å². The molecule has 118 valence electrons. The zero-order valence-electron chi connectivity index (χ0n) is 13.2. The first-order chi connectivity index (χ1) is 9.93. The number of nitrogens with two attached hydrogens (primary N) is 1. The molecule has 0 radical (unpaired) electrons. The average Bonchev–Trinajstić information content (AvgIpc) is 2.49. The third kappa shape index (κ3) is 3.98. The minimum atomic E-state index is -0.474. The SMILES string of the molecule is CCC(CC)(CN)C(=O)NC(C)c1ccc(OC)c(Br)c1. The first-order valence-electron chi connectivity index (χ1n) is 7.28. The summed E-state index contributed by atoms with van der Waals surface area (Å²) in [5, 5.41) is 3.07. The first-order valence-corrected chi connectivity index (χ1v) is 8.07. The number of methoxy groups -OCH3 is 1. The predicted octanol–water partition coefficient (Wildman–Crippen LogP) is 3.40. The Bertz CT molecular complexity index is 479. The summed E-state index contributed by atoms with van der Waals surface area (Å²) in [5.74, 6) is 0.796. The average molecular weight is 357 g/mol. The maximum atomic E-state index is 12.5. The molecular weight excluding hydrogens is 332 g/mol. The molecule has 0 fully saturated rings. The zero-order valence-corrected chi connectivity index (χ0v) is 14.8. The van der Waals surface area contributed by atoms with E-state index in [0.717, 1.165) is 28.6 Å². The van der Waals surface area contributed by atoms with Gasteiger partial charge in [0.05, 0.1) is 23.0 Å². The van der Waals surface area contributed by atoms with Crippen molar-refractivity contribution in [3.8, 4) is 5.75 Å². The highest BCUT2D eigenvalue weighted by atomic mass is 79.9. The van der Waals surface area contributed by atoms with E-state index in [-0.39, 0.29) is 11.9 Å². The van der Waals surface area contributed by atoms with Crippen molar-refractivity contribution in [2.24, 2.45) is 11.1 Å². The third-order valence-corrected chi connectivity index (χ3v) is 4.87. The summed E-state index contributed by atoms with van der Waals surface area (Å²) in [4.78, 5) is 12.5. The molecule has 0 aromatic heterocycles. The summed E-state index contributed by atoms with van der Waals surface area (Å²) in [7, 11) is 1.63.